The molecular formula is C14H14O4. The average molecular weight is 246 g/mol. The van der Waals surface area contributed by atoms with E-state index in [4.69, 9.17) is 9.84 Å². The fraction of sp³-hybridized carbons (Fsp3) is 0.214. The first-order chi connectivity index (χ1) is 8.60. The first kappa shape index (κ1) is 12.4. The van der Waals surface area contributed by atoms with E-state index in [1.165, 1.54) is 0 Å². The maximum Gasteiger partial charge on any atom is 0.306 e. The zero-order chi connectivity index (χ0) is 13.1. The van der Waals surface area contributed by atoms with Gasteiger partial charge in [-0.15, -0.1) is 0 Å². The summed E-state index contributed by atoms with van der Waals surface area (Å²) in [4.78, 5) is 10.6. The fourth-order valence-corrected chi connectivity index (χ4v) is 1.86. The average Bonchev–Trinajstić information content (AvgIpc) is 2.36. The van der Waals surface area contributed by atoms with E-state index in [0.717, 1.165) is 16.5 Å². The molecule has 0 heterocycles. The molecular weight excluding hydrogens is 232 g/mol. The van der Waals surface area contributed by atoms with Gasteiger partial charge in [0.25, 0.3) is 0 Å². The van der Waals surface area contributed by atoms with Gasteiger partial charge in [-0.25, -0.2) is 0 Å². The first-order valence-corrected chi connectivity index (χ1v) is 5.57. The minimum atomic E-state index is -1.02. The number of rotatable bonds is 4. The predicted octanol–water partition coefficient (Wildman–Crippen LogP) is 2.36. The van der Waals surface area contributed by atoms with Crippen molar-refractivity contribution in [3.05, 3.63) is 42.0 Å². The van der Waals surface area contributed by atoms with Crippen LogP contribution < -0.4 is 4.74 Å². The summed E-state index contributed by atoms with van der Waals surface area (Å²) < 4.78 is 5.13. The molecule has 0 aliphatic rings. The molecule has 0 saturated heterocycles. The summed E-state index contributed by atoms with van der Waals surface area (Å²) in [5.74, 6) is -0.251. The largest absolute Gasteiger partial charge is 0.497 e. The van der Waals surface area contributed by atoms with Crippen LogP contribution in [0.1, 0.15) is 18.1 Å². The lowest BCUT2D eigenvalue weighted by molar-refractivity contribution is -0.139. The second kappa shape index (κ2) is 5.06. The summed E-state index contributed by atoms with van der Waals surface area (Å²) in [6, 6.07) is 11.0. The number of carboxylic acids is 1. The molecule has 18 heavy (non-hydrogen) atoms. The molecule has 0 spiro atoms. The van der Waals surface area contributed by atoms with Crippen LogP contribution in [0.5, 0.6) is 5.75 Å². The Hall–Kier alpha value is -2.07. The van der Waals surface area contributed by atoms with E-state index < -0.39 is 12.1 Å². The molecule has 2 rings (SSSR count). The highest BCUT2D eigenvalue weighted by Gasteiger charge is 2.12. The smallest absolute Gasteiger partial charge is 0.306 e. The van der Waals surface area contributed by atoms with Gasteiger partial charge < -0.3 is 14.9 Å². The number of hydrogen-bond donors (Lipinski definition) is 2. The van der Waals surface area contributed by atoms with Crippen LogP contribution in [-0.2, 0) is 4.79 Å². The SMILES string of the molecule is COc1ccc2cc(C(O)CC(=O)O)ccc2c1. The normalized spacial score (nSPS) is 12.3. The summed E-state index contributed by atoms with van der Waals surface area (Å²) >= 11 is 0. The third kappa shape index (κ3) is 2.60. The van der Waals surface area contributed by atoms with Crippen LogP contribution >= 0.6 is 0 Å². The van der Waals surface area contributed by atoms with Crippen LogP contribution in [-0.4, -0.2) is 23.3 Å². The van der Waals surface area contributed by atoms with E-state index in [0.29, 0.717) is 5.56 Å². The van der Waals surface area contributed by atoms with Crippen molar-refractivity contribution in [3.63, 3.8) is 0 Å². The van der Waals surface area contributed by atoms with Crippen molar-refractivity contribution in [3.8, 4) is 5.75 Å². The molecule has 0 aliphatic carbocycles. The van der Waals surface area contributed by atoms with Crippen LogP contribution in [0.4, 0.5) is 0 Å². The van der Waals surface area contributed by atoms with Crippen molar-refractivity contribution in [2.24, 2.45) is 0 Å². The highest BCUT2D eigenvalue weighted by Crippen LogP contribution is 2.25. The van der Waals surface area contributed by atoms with E-state index in [2.05, 4.69) is 0 Å². The second-order valence-electron chi connectivity index (χ2n) is 4.09. The number of methoxy groups -OCH3 is 1. The molecule has 4 heteroatoms. The van der Waals surface area contributed by atoms with Gasteiger partial charge in [-0.1, -0.05) is 18.2 Å². The van der Waals surface area contributed by atoms with E-state index in [1.54, 1.807) is 19.2 Å². The summed E-state index contributed by atoms with van der Waals surface area (Å²) in [5, 5.41) is 20.3. The standard InChI is InChI=1S/C14H14O4/c1-18-12-5-4-9-6-11(3-2-10(9)7-12)13(15)8-14(16)17/h2-7,13,15H,8H2,1H3,(H,16,17). The Morgan fingerprint density at radius 3 is 2.56 bits per heavy atom. The molecule has 94 valence electrons. The van der Waals surface area contributed by atoms with Gasteiger partial charge in [-0.05, 0) is 34.5 Å². The third-order valence-corrected chi connectivity index (χ3v) is 2.82. The third-order valence-electron chi connectivity index (χ3n) is 2.82. The molecule has 2 aromatic rings. The van der Waals surface area contributed by atoms with Crippen LogP contribution in [0.25, 0.3) is 10.8 Å². The van der Waals surface area contributed by atoms with Gasteiger partial charge in [0.15, 0.2) is 0 Å². The monoisotopic (exact) mass is 246 g/mol. The topological polar surface area (TPSA) is 66.8 Å². The van der Waals surface area contributed by atoms with Gasteiger partial charge >= 0.3 is 5.97 Å². The number of aliphatic hydroxyl groups excluding tert-OH is 1. The van der Waals surface area contributed by atoms with Gasteiger partial charge in [0.1, 0.15) is 5.75 Å². The Labute approximate surface area is 104 Å². The number of ether oxygens (including phenoxy) is 1. The van der Waals surface area contributed by atoms with E-state index in [9.17, 15) is 9.90 Å². The number of fused-ring (bicyclic) bond motifs is 1. The zero-order valence-corrected chi connectivity index (χ0v) is 9.96. The number of carbonyl (C=O) groups is 1. The molecule has 0 radical (unpaired) electrons. The van der Waals surface area contributed by atoms with Crippen molar-refractivity contribution < 1.29 is 19.7 Å². The molecule has 0 saturated carbocycles. The molecule has 2 N–H and O–H groups in total. The van der Waals surface area contributed by atoms with E-state index in [1.807, 2.05) is 24.3 Å². The number of aliphatic carboxylic acids is 1. The van der Waals surface area contributed by atoms with Crippen molar-refractivity contribution in [2.45, 2.75) is 12.5 Å². The Morgan fingerprint density at radius 2 is 1.89 bits per heavy atom. The number of aliphatic hydroxyl groups is 1. The summed E-state index contributed by atoms with van der Waals surface area (Å²) in [5.41, 5.74) is 0.607. The highest BCUT2D eigenvalue weighted by molar-refractivity contribution is 5.84. The molecule has 0 aliphatic heterocycles. The minimum Gasteiger partial charge on any atom is -0.497 e. The van der Waals surface area contributed by atoms with Gasteiger partial charge in [-0.2, -0.15) is 0 Å². The molecule has 0 aromatic heterocycles. The Morgan fingerprint density at radius 1 is 1.22 bits per heavy atom. The fourth-order valence-electron chi connectivity index (χ4n) is 1.86. The van der Waals surface area contributed by atoms with Crippen molar-refractivity contribution in [1.82, 2.24) is 0 Å². The Balaban J connectivity index is 2.35. The van der Waals surface area contributed by atoms with Crippen molar-refractivity contribution in [1.29, 1.82) is 0 Å². The zero-order valence-electron chi connectivity index (χ0n) is 9.96. The number of carboxylic acid groups (broad SMARTS) is 1. The quantitative estimate of drug-likeness (QED) is 0.869. The minimum absolute atomic E-state index is 0.290. The lowest BCUT2D eigenvalue weighted by atomic mass is 10.0. The molecule has 1 atom stereocenters. The molecule has 2 aromatic carbocycles. The molecule has 0 fully saturated rings. The predicted molar refractivity (Wildman–Crippen MR) is 67.7 cm³/mol. The summed E-state index contributed by atoms with van der Waals surface area (Å²) in [6.07, 6.45) is -1.27. The van der Waals surface area contributed by atoms with Gasteiger partial charge in [0, 0.05) is 0 Å². The first-order valence-electron chi connectivity index (χ1n) is 5.57. The maximum atomic E-state index is 10.6. The molecule has 0 amide bonds. The highest BCUT2D eigenvalue weighted by atomic mass is 16.5. The Kier molecular flexibility index (Phi) is 3.48. The molecule has 4 nitrogen and oxygen atoms in total. The lowest BCUT2D eigenvalue weighted by Crippen LogP contribution is -2.05. The van der Waals surface area contributed by atoms with Gasteiger partial charge in [0.2, 0.25) is 0 Å². The number of benzene rings is 2. The Bertz CT molecular complexity index is 577. The van der Waals surface area contributed by atoms with Gasteiger partial charge in [0.05, 0.1) is 19.6 Å². The molecule has 0 bridgehead atoms. The van der Waals surface area contributed by atoms with E-state index >= 15 is 0 Å². The van der Waals surface area contributed by atoms with E-state index in [-0.39, 0.29) is 6.42 Å². The lowest BCUT2D eigenvalue weighted by Gasteiger charge is -2.10. The maximum absolute atomic E-state index is 10.6. The number of hydrogen-bond acceptors (Lipinski definition) is 3. The van der Waals surface area contributed by atoms with Crippen molar-refractivity contribution >= 4 is 16.7 Å². The van der Waals surface area contributed by atoms with Crippen molar-refractivity contribution in [2.75, 3.05) is 7.11 Å². The van der Waals surface area contributed by atoms with Crippen LogP contribution in [0, 0.1) is 0 Å². The summed E-state index contributed by atoms with van der Waals surface area (Å²) in [7, 11) is 1.60. The van der Waals surface area contributed by atoms with Crippen LogP contribution in [0.15, 0.2) is 36.4 Å². The van der Waals surface area contributed by atoms with Crippen LogP contribution in [0.3, 0.4) is 0 Å². The van der Waals surface area contributed by atoms with Gasteiger partial charge in [-0.3, -0.25) is 4.79 Å². The molecule has 1 unspecified atom stereocenters. The second-order valence-corrected chi connectivity index (χ2v) is 4.09. The summed E-state index contributed by atoms with van der Waals surface area (Å²) in [6.45, 7) is 0. The van der Waals surface area contributed by atoms with Crippen LogP contribution in [0.2, 0.25) is 0 Å².